The van der Waals surface area contributed by atoms with E-state index in [2.05, 4.69) is 15.1 Å². The number of carbonyl (C=O) groups excluding carboxylic acids is 1. The maximum atomic E-state index is 13.5. The van der Waals surface area contributed by atoms with Gasteiger partial charge in [-0.1, -0.05) is 72.8 Å². The molecular weight excluding hydrogens is 548 g/mol. The number of hydrogen-bond donors (Lipinski definition) is 1. The van der Waals surface area contributed by atoms with Crippen molar-refractivity contribution in [3.05, 3.63) is 138 Å². The minimum Gasteiger partial charge on any atom is -0.441 e. The van der Waals surface area contributed by atoms with E-state index in [0.29, 0.717) is 18.7 Å². The molecule has 5 rings (SSSR count). The summed E-state index contributed by atoms with van der Waals surface area (Å²) in [7, 11) is 0. The summed E-state index contributed by atoms with van der Waals surface area (Å²) in [5.41, 5.74) is 3.32. The predicted molar refractivity (Wildman–Crippen MR) is 164 cm³/mol. The van der Waals surface area contributed by atoms with Gasteiger partial charge in [0.15, 0.2) is 0 Å². The van der Waals surface area contributed by atoms with Gasteiger partial charge in [-0.25, -0.2) is 13.6 Å². The number of benzene rings is 4. The Bertz CT molecular complexity index is 1350. The summed E-state index contributed by atoms with van der Waals surface area (Å²) in [6.07, 6.45) is -0.543. The fourth-order valence-corrected chi connectivity index (χ4v) is 5.26. The predicted octanol–water partition coefficient (Wildman–Crippen LogP) is 7.07. The second-order valence-corrected chi connectivity index (χ2v) is 10.6. The summed E-state index contributed by atoms with van der Waals surface area (Å²) in [6, 6.07) is 31.6. The highest BCUT2D eigenvalue weighted by molar-refractivity contribution is 5.84. The third kappa shape index (κ3) is 9.19. The first-order valence-electron chi connectivity index (χ1n) is 14.7. The monoisotopic (exact) mass is 585 g/mol. The zero-order valence-corrected chi connectivity index (χ0v) is 24.1. The summed E-state index contributed by atoms with van der Waals surface area (Å²) >= 11 is 0. The molecular formula is C35H37F2N3O3. The van der Waals surface area contributed by atoms with Crippen LogP contribution in [0.25, 0.3) is 0 Å². The Morgan fingerprint density at radius 3 is 1.74 bits per heavy atom. The van der Waals surface area contributed by atoms with Crippen LogP contribution >= 0.6 is 0 Å². The van der Waals surface area contributed by atoms with Gasteiger partial charge < -0.3 is 14.4 Å². The molecule has 4 aromatic carbocycles. The number of ether oxygens (including phenoxy) is 2. The van der Waals surface area contributed by atoms with E-state index in [9.17, 15) is 13.6 Å². The first-order chi connectivity index (χ1) is 21.0. The summed E-state index contributed by atoms with van der Waals surface area (Å²) < 4.78 is 39.2. The fourth-order valence-electron chi connectivity index (χ4n) is 5.26. The molecule has 224 valence electrons. The largest absolute Gasteiger partial charge is 0.441 e. The van der Waals surface area contributed by atoms with Crippen LogP contribution in [0.5, 0.6) is 0 Å². The van der Waals surface area contributed by atoms with Gasteiger partial charge in [0.05, 0.1) is 6.61 Å². The maximum Gasteiger partial charge on any atom is 0.412 e. The van der Waals surface area contributed by atoms with Crippen molar-refractivity contribution in [1.29, 1.82) is 0 Å². The van der Waals surface area contributed by atoms with Crippen molar-refractivity contribution in [2.24, 2.45) is 0 Å². The van der Waals surface area contributed by atoms with Crippen molar-refractivity contribution in [2.75, 3.05) is 51.2 Å². The molecule has 0 spiro atoms. The van der Waals surface area contributed by atoms with Crippen molar-refractivity contribution in [3.8, 4) is 0 Å². The van der Waals surface area contributed by atoms with Crippen LogP contribution < -0.4 is 5.32 Å². The fraction of sp³-hybridized carbons (Fsp3) is 0.286. The van der Waals surface area contributed by atoms with E-state index in [4.69, 9.17) is 9.47 Å². The molecule has 1 N–H and O–H groups in total. The van der Waals surface area contributed by atoms with Crippen molar-refractivity contribution < 1.29 is 23.0 Å². The molecule has 0 saturated carbocycles. The molecule has 0 radical (unpaired) electrons. The number of para-hydroxylation sites is 1. The smallest absolute Gasteiger partial charge is 0.412 e. The quantitative estimate of drug-likeness (QED) is 0.193. The Morgan fingerprint density at radius 1 is 0.674 bits per heavy atom. The first-order valence-corrected chi connectivity index (χ1v) is 14.7. The highest BCUT2D eigenvalue weighted by Gasteiger charge is 2.22. The number of piperazine rings is 1. The lowest BCUT2D eigenvalue weighted by atomic mass is 10.0. The minimum atomic E-state index is -0.468. The molecule has 1 heterocycles. The molecule has 1 aliphatic heterocycles. The van der Waals surface area contributed by atoms with Crippen LogP contribution in [-0.4, -0.2) is 61.8 Å². The maximum absolute atomic E-state index is 13.5. The molecule has 1 atom stereocenters. The van der Waals surface area contributed by atoms with E-state index in [1.165, 1.54) is 24.3 Å². The van der Waals surface area contributed by atoms with Crippen LogP contribution in [0.15, 0.2) is 109 Å². The van der Waals surface area contributed by atoms with E-state index < -0.39 is 12.2 Å². The van der Waals surface area contributed by atoms with Crippen molar-refractivity contribution in [3.63, 3.8) is 0 Å². The second kappa shape index (κ2) is 15.4. The normalized spacial score (nSPS) is 14.9. The Morgan fingerprint density at radius 2 is 1.19 bits per heavy atom. The van der Waals surface area contributed by atoms with Gasteiger partial charge in [-0.3, -0.25) is 10.2 Å². The zero-order valence-electron chi connectivity index (χ0n) is 24.1. The van der Waals surface area contributed by atoms with Crippen LogP contribution in [0.1, 0.15) is 35.3 Å². The third-order valence-corrected chi connectivity index (χ3v) is 7.65. The molecule has 43 heavy (non-hydrogen) atoms. The van der Waals surface area contributed by atoms with Gasteiger partial charge in [-0.15, -0.1) is 0 Å². The van der Waals surface area contributed by atoms with Crippen LogP contribution in [-0.2, 0) is 9.47 Å². The van der Waals surface area contributed by atoms with E-state index in [-0.39, 0.29) is 17.7 Å². The number of halogens is 2. The lowest BCUT2D eigenvalue weighted by Crippen LogP contribution is -2.47. The Hall–Kier alpha value is -4.11. The summed E-state index contributed by atoms with van der Waals surface area (Å²) in [5.74, 6) is -0.617. The highest BCUT2D eigenvalue weighted by Crippen LogP contribution is 2.27. The lowest BCUT2D eigenvalue weighted by molar-refractivity contribution is 0.0416. The average molecular weight is 586 g/mol. The van der Waals surface area contributed by atoms with Gasteiger partial charge in [0.1, 0.15) is 23.8 Å². The zero-order chi connectivity index (χ0) is 29.9. The SMILES string of the molecule is O=C(Nc1ccccc1)OC(CCN1CCN(CCOC(c2ccc(F)cc2)c2ccc(F)cc2)CC1)c1ccccc1. The number of nitrogens with one attached hydrogen (secondary N) is 1. The topological polar surface area (TPSA) is 54.0 Å². The van der Waals surface area contributed by atoms with Gasteiger partial charge in [0.2, 0.25) is 0 Å². The molecule has 8 heteroatoms. The van der Waals surface area contributed by atoms with Crippen LogP contribution in [0.4, 0.5) is 19.3 Å². The van der Waals surface area contributed by atoms with Crippen molar-refractivity contribution >= 4 is 11.8 Å². The minimum absolute atomic E-state index is 0.309. The molecule has 4 aromatic rings. The number of anilines is 1. The van der Waals surface area contributed by atoms with Gasteiger partial charge >= 0.3 is 6.09 Å². The number of amides is 1. The third-order valence-electron chi connectivity index (χ3n) is 7.65. The number of carbonyl (C=O) groups is 1. The summed E-state index contributed by atoms with van der Waals surface area (Å²) in [4.78, 5) is 17.4. The van der Waals surface area contributed by atoms with E-state index in [1.54, 1.807) is 24.3 Å². The van der Waals surface area contributed by atoms with Gasteiger partial charge in [-0.05, 0) is 53.1 Å². The van der Waals surface area contributed by atoms with Crippen LogP contribution in [0.2, 0.25) is 0 Å². The standard InChI is InChI=1S/C35H37F2N3O3/c36-30-15-11-28(12-16-30)34(29-13-17-31(37)18-14-29)42-26-25-40-23-21-39(22-24-40)20-19-33(27-7-3-1-4-8-27)43-35(41)38-32-9-5-2-6-10-32/h1-18,33-34H,19-26H2,(H,38,41). The van der Waals surface area contributed by atoms with E-state index >= 15 is 0 Å². The highest BCUT2D eigenvalue weighted by atomic mass is 19.1. The number of rotatable bonds is 12. The first kappa shape index (κ1) is 30.4. The van der Waals surface area contributed by atoms with Crippen molar-refractivity contribution in [1.82, 2.24) is 9.80 Å². The molecule has 0 aromatic heterocycles. The van der Waals surface area contributed by atoms with Crippen LogP contribution in [0.3, 0.4) is 0 Å². The molecule has 6 nitrogen and oxygen atoms in total. The molecule has 1 fully saturated rings. The summed E-state index contributed by atoms with van der Waals surface area (Å²) in [5, 5.41) is 2.81. The second-order valence-electron chi connectivity index (χ2n) is 10.6. The Kier molecular flexibility index (Phi) is 10.9. The molecule has 0 bridgehead atoms. The average Bonchev–Trinajstić information content (AvgIpc) is 3.04. The van der Waals surface area contributed by atoms with Gasteiger partial charge in [0.25, 0.3) is 0 Å². The number of hydrogen-bond acceptors (Lipinski definition) is 5. The van der Waals surface area contributed by atoms with E-state index in [1.807, 2.05) is 60.7 Å². The molecule has 1 saturated heterocycles. The van der Waals surface area contributed by atoms with Crippen LogP contribution in [0, 0.1) is 11.6 Å². The van der Waals surface area contributed by atoms with E-state index in [0.717, 1.165) is 56.0 Å². The lowest BCUT2D eigenvalue weighted by Gasteiger charge is -2.35. The molecule has 0 aliphatic carbocycles. The molecule has 1 amide bonds. The Labute approximate surface area is 251 Å². The number of nitrogens with zero attached hydrogens (tertiary/aromatic N) is 2. The Balaban J connectivity index is 1.09. The molecule has 1 unspecified atom stereocenters. The van der Waals surface area contributed by atoms with Gasteiger partial charge in [0, 0.05) is 51.4 Å². The van der Waals surface area contributed by atoms with Crippen molar-refractivity contribution in [2.45, 2.75) is 18.6 Å². The summed E-state index contributed by atoms with van der Waals surface area (Å²) in [6.45, 7) is 5.63. The molecule has 1 aliphatic rings. The van der Waals surface area contributed by atoms with Gasteiger partial charge in [-0.2, -0.15) is 0 Å².